The molecule has 45 heavy (non-hydrogen) atoms. The lowest BCUT2D eigenvalue weighted by molar-refractivity contribution is 0.0456. The lowest BCUT2D eigenvalue weighted by Crippen LogP contribution is -2.48. The summed E-state index contributed by atoms with van der Waals surface area (Å²) in [6.07, 6.45) is 14.9. The molecule has 0 aromatic heterocycles. The van der Waals surface area contributed by atoms with Crippen molar-refractivity contribution in [2.75, 3.05) is 18.0 Å². The fraction of sp³-hybridized carbons (Fsp3) is 0.595. The van der Waals surface area contributed by atoms with Gasteiger partial charge in [-0.15, -0.1) is 0 Å². The quantitative estimate of drug-likeness (QED) is 0.343. The first kappa shape index (κ1) is 31.3. The second-order valence-electron chi connectivity index (χ2n) is 14.8. The summed E-state index contributed by atoms with van der Waals surface area (Å²) in [6.45, 7) is 3.59. The minimum Gasteiger partial charge on any atom is -0.389 e. The van der Waals surface area contributed by atoms with Gasteiger partial charge in [-0.1, -0.05) is 62.1 Å². The number of halogens is 1. The third kappa shape index (κ3) is 6.09. The highest BCUT2D eigenvalue weighted by atomic mass is 35.5. The Morgan fingerprint density at radius 3 is 2.62 bits per heavy atom. The maximum Gasteiger partial charge on any atom is 0.264 e. The number of amides is 1. The van der Waals surface area contributed by atoms with Crippen molar-refractivity contribution in [3.8, 4) is 0 Å². The lowest BCUT2D eigenvalue weighted by atomic mass is 9.66. The first-order valence-corrected chi connectivity index (χ1v) is 19.1. The monoisotopic (exact) mass is 650 g/mol. The molecule has 2 fully saturated rings. The molecule has 2 aromatic rings. The number of nitrogens with zero attached hydrogens (tertiary/aromatic N) is 1. The van der Waals surface area contributed by atoms with Gasteiger partial charge in [-0.3, -0.25) is 4.79 Å². The third-order valence-electron chi connectivity index (χ3n) is 12.1. The number of aliphatic hydroxyl groups excluding tert-OH is 1. The molecule has 3 aliphatic carbocycles. The summed E-state index contributed by atoms with van der Waals surface area (Å²) in [4.78, 5) is 16.2. The summed E-state index contributed by atoms with van der Waals surface area (Å²) in [5.41, 5.74) is 5.31. The number of hydrogen-bond acceptors (Lipinski definition) is 5. The van der Waals surface area contributed by atoms with E-state index in [9.17, 15) is 18.3 Å². The van der Waals surface area contributed by atoms with Crippen molar-refractivity contribution in [1.29, 1.82) is 0 Å². The van der Waals surface area contributed by atoms with E-state index in [-0.39, 0.29) is 17.3 Å². The number of sulfonamides is 1. The molecule has 6 atom stereocenters. The summed E-state index contributed by atoms with van der Waals surface area (Å²) in [7, 11) is -3.91. The Bertz CT molecular complexity index is 1590. The van der Waals surface area contributed by atoms with Crippen LogP contribution in [0.1, 0.15) is 98.2 Å². The average Bonchev–Trinajstić information content (AvgIpc) is 3.10. The van der Waals surface area contributed by atoms with Crippen LogP contribution in [0.4, 0.5) is 5.69 Å². The Morgan fingerprint density at radius 2 is 1.87 bits per heavy atom. The molecule has 0 unspecified atom stereocenters. The molecule has 2 heterocycles. The van der Waals surface area contributed by atoms with E-state index >= 15 is 0 Å². The SMILES string of the molecule is C[C@H]1C/C=C/[C@H](O)[C@@H]2CC[C@H]2CN2C[C@@]3(CCCc4cc(Cl)ccc43)CCc3ccc(cc32)C(=O)NS(=O)(=O)[C@@H]1CC1CCC1. The van der Waals surface area contributed by atoms with E-state index in [0.29, 0.717) is 30.2 Å². The Balaban J connectivity index is 1.27. The van der Waals surface area contributed by atoms with Gasteiger partial charge in [0, 0.05) is 34.8 Å². The van der Waals surface area contributed by atoms with Gasteiger partial charge in [0.05, 0.1) is 11.4 Å². The van der Waals surface area contributed by atoms with Crippen LogP contribution in [0.15, 0.2) is 48.6 Å². The first-order valence-electron chi connectivity index (χ1n) is 17.2. The molecule has 0 radical (unpaired) electrons. The van der Waals surface area contributed by atoms with Gasteiger partial charge in [0.15, 0.2) is 0 Å². The highest BCUT2D eigenvalue weighted by Gasteiger charge is 2.43. The van der Waals surface area contributed by atoms with Crippen LogP contribution in [0.2, 0.25) is 5.02 Å². The van der Waals surface area contributed by atoms with E-state index in [1.807, 2.05) is 37.3 Å². The topological polar surface area (TPSA) is 86.7 Å². The second-order valence-corrected chi connectivity index (χ2v) is 17.2. The van der Waals surface area contributed by atoms with E-state index < -0.39 is 27.3 Å². The van der Waals surface area contributed by atoms with E-state index in [1.54, 1.807) is 6.07 Å². The van der Waals surface area contributed by atoms with Gasteiger partial charge < -0.3 is 10.0 Å². The van der Waals surface area contributed by atoms with Crippen LogP contribution in [-0.2, 0) is 28.3 Å². The summed E-state index contributed by atoms with van der Waals surface area (Å²) in [5, 5.41) is 11.4. The number of nitrogens with one attached hydrogen (secondary N) is 1. The maximum absolute atomic E-state index is 13.8. The van der Waals surface area contributed by atoms with Crippen molar-refractivity contribution in [2.45, 2.75) is 101 Å². The van der Waals surface area contributed by atoms with Crippen LogP contribution in [-0.4, -0.2) is 43.9 Å². The molecule has 1 amide bonds. The minimum absolute atomic E-state index is 0.0353. The Morgan fingerprint density at radius 1 is 1.02 bits per heavy atom. The number of hydrogen-bond donors (Lipinski definition) is 2. The van der Waals surface area contributed by atoms with E-state index in [1.165, 1.54) is 16.7 Å². The standard InChI is InChI=1S/C37H47ClN2O4S/c1-24-5-2-9-34(41)31-14-12-29(31)22-40-23-37(17-4-8-27-20-30(38)13-15-32(27)37)18-16-26-10-11-28(21-33(26)40)36(42)39-45(43,44)35(24)19-25-6-3-7-25/h2,9-11,13,15,20-21,24-25,29,31,34-35,41H,3-8,12,14,16-19,22-23H2,1H3,(H,39,42)/b9-2+/t24-,29-,31+,34-,35+,37+/m0/s1. The highest BCUT2D eigenvalue weighted by molar-refractivity contribution is 7.90. The zero-order valence-electron chi connectivity index (χ0n) is 26.4. The molecule has 0 saturated heterocycles. The highest BCUT2D eigenvalue weighted by Crippen LogP contribution is 2.47. The summed E-state index contributed by atoms with van der Waals surface area (Å²) >= 11 is 6.44. The number of rotatable bonds is 2. The molecule has 2 bridgehead atoms. The maximum atomic E-state index is 13.8. The molecule has 2 aromatic carbocycles. The second kappa shape index (κ2) is 12.4. The van der Waals surface area contributed by atoms with Crippen LogP contribution in [0, 0.1) is 23.7 Å². The van der Waals surface area contributed by atoms with E-state index in [0.717, 1.165) is 88.0 Å². The van der Waals surface area contributed by atoms with Crippen LogP contribution >= 0.6 is 11.6 Å². The number of aryl methyl sites for hydroxylation is 2. The average molecular weight is 651 g/mol. The molecule has 8 heteroatoms. The van der Waals surface area contributed by atoms with Crippen molar-refractivity contribution in [3.63, 3.8) is 0 Å². The summed E-state index contributed by atoms with van der Waals surface area (Å²) in [5.74, 6) is 0.187. The molecule has 1 spiro atoms. The molecule has 6 nitrogen and oxygen atoms in total. The van der Waals surface area contributed by atoms with Crippen LogP contribution < -0.4 is 9.62 Å². The normalized spacial score (nSPS) is 34.0. The number of fused-ring (bicyclic) bond motifs is 4. The number of allylic oxidation sites excluding steroid dienone is 1. The molecule has 2 N–H and O–H groups in total. The smallest absolute Gasteiger partial charge is 0.264 e. The van der Waals surface area contributed by atoms with Crippen molar-refractivity contribution in [1.82, 2.24) is 4.72 Å². The van der Waals surface area contributed by atoms with Crippen LogP contribution in [0.5, 0.6) is 0 Å². The minimum atomic E-state index is -3.91. The molecular formula is C37H47ClN2O4S. The molecule has 242 valence electrons. The zero-order chi connectivity index (χ0) is 31.3. The van der Waals surface area contributed by atoms with Gasteiger partial charge in [-0.05, 0) is 122 Å². The van der Waals surface area contributed by atoms with Gasteiger partial charge in [0.25, 0.3) is 5.91 Å². The van der Waals surface area contributed by atoms with E-state index in [4.69, 9.17) is 11.6 Å². The van der Waals surface area contributed by atoms with Crippen molar-refractivity contribution >= 4 is 33.2 Å². The van der Waals surface area contributed by atoms with Crippen molar-refractivity contribution in [3.05, 3.63) is 75.8 Å². The Hall–Kier alpha value is -2.35. The predicted octanol–water partition coefficient (Wildman–Crippen LogP) is 6.97. The van der Waals surface area contributed by atoms with Gasteiger partial charge in [-0.2, -0.15) is 0 Å². The zero-order valence-corrected chi connectivity index (χ0v) is 28.0. The molecular weight excluding hydrogens is 604 g/mol. The first-order chi connectivity index (χ1) is 21.6. The van der Waals surface area contributed by atoms with E-state index in [2.05, 4.69) is 21.8 Å². The number of carbonyl (C=O) groups excluding carboxylic acids is 1. The van der Waals surface area contributed by atoms with Crippen LogP contribution in [0.3, 0.4) is 0 Å². The molecule has 2 saturated carbocycles. The van der Waals surface area contributed by atoms with Gasteiger partial charge in [-0.25, -0.2) is 13.1 Å². The lowest BCUT2D eigenvalue weighted by Gasteiger charge is -2.46. The van der Waals surface area contributed by atoms with Crippen molar-refractivity contribution in [2.24, 2.45) is 23.7 Å². The van der Waals surface area contributed by atoms with Gasteiger partial charge in [0.2, 0.25) is 10.0 Å². The fourth-order valence-electron chi connectivity index (χ4n) is 9.01. The third-order valence-corrected chi connectivity index (χ3v) is 14.2. The predicted molar refractivity (Wildman–Crippen MR) is 180 cm³/mol. The molecule has 7 rings (SSSR count). The summed E-state index contributed by atoms with van der Waals surface area (Å²) < 4.78 is 30.2. The number of carbonyl (C=O) groups is 1. The van der Waals surface area contributed by atoms with Gasteiger partial charge >= 0.3 is 0 Å². The van der Waals surface area contributed by atoms with Crippen molar-refractivity contribution < 1.29 is 18.3 Å². The number of aliphatic hydroxyl groups is 1. The van der Waals surface area contributed by atoms with Crippen LogP contribution in [0.25, 0.3) is 0 Å². The summed E-state index contributed by atoms with van der Waals surface area (Å²) in [6, 6.07) is 12.2. The largest absolute Gasteiger partial charge is 0.389 e. The number of anilines is 1. The molecule has 5 aliphatic rings. The van der Waals surface area contributed by atoms with Gasteiger partial charge in [0.1, 0.15) is 0 Å². The Kier molecular flexibility index (Phi) is 8.58. The molecule has 2 aliphatic heterocycles. The Labute approximate surface area is 273 Å². The fourth-order valence-corrected chi connectivity index (χ4v) is 11.0. The number of benzene rings is 2.